The van der Waals surface area contributed by atoms with Gasteiger partial charge >= 0.3 is 0 Å². The lowest BCUT2D eigenvalue weighted by Crippen LogP contribution is -2.18. The predicted octanol–water partition coefficient (Wildman–Crippen LogP) is 4.79. The number of rotatable bonds is 4. The van der Waals surface area contributed by atoms with E-state index in [0.717, 1.165) is 13.0 Å². The minimum Gasteiger partial charge on any atom is -0.341 e. The fourth-order valence-electron chi connectivity index (χ4n) is 2.68. The normalized spacial score (nSPS) is 17.1. The molecular weight excluding hydrogens is 244 g/mol. The molecule has 0 radical (unpaired) electrons. The molecule has 2 heteroatoms. The molecule has 1 atom stereocenters. The lowest BCUT2D eigenvalue weighted by Gasteiger charge is -2.20. The van der Waals surface area contributed by atoms with Crippen LogP contribution in [0.25, 0.3) is 0 Å². The van der Waals surface area contributed by atoms with E-state index in [4.69, 9.17) is 4.99 Å². The zero-order valence-corrected chi connectivity index (χ0v) is 13.4. The van der Waals surface area contributed by atoms with Gasteiger partial charge in [0.25, 0.3) is 0 Å². The summed E-state index contributed by atoms with van der Waals surface area (Å²) in [6.07, 6.45) is 11.3. The summed E-state index contributed by atoms with van der Waals surface area (Å²) in [6, 6.07) is 0.292. The molecule has 0 bridgehead atoms. The monoisotopic (exact) mass is 270 g/mol. The molecule has 1 aromatic rings. The van der Waals surface area contributed by atoms with Gasteiger partial charge in [-0.25, -0.2) is 0 Å². The number of allylic oxidation sites excluding steroid dienone is 4. The number of aromatic nitrogens is 1. The second-order valence-corrected chi connectivity index (χ2v) is 6.11. The summed E-state index contributed by atoms with van der Waals surface area (Å²) < 4.78 is 2.33. The Bertz CT molecular complexity index is 547. The zero-order valence-electron chi connectivity index (χ0n) is 13.4. The Morgan fingerprint density at radius 2 is 1.80 bits per heavy atom. The maximum absolute atomic E-state index is 4.73. The molecule has 0 saturated heterocycles. The van der Waals surface area contributed by atoms with Crippen LogP contribution in [0.5, 0.6) is 0 Å². The lowest BCUT2D eigenvalue weighted by molar-refractivity contribution is 0.713. The first-order valence-electron chi connectivity index (χ1n) is 7.48. The summed E-state index contributed by atoms with van der Waals surface area (Å²) in [6.45, 7) is 11.8. The molecule has 2 nitrogen and oxygen atoms in total. The average molecular weight is 270 g/mol. The fourth-order valence-corrected chi connectivity index (χ4v) is 2.68. The first-order chi connectivity index (χ1) is 9.49. The van der Waals surface area contributed by atoms with E-state index in [1.807, 2.05) is 0 Å². The molecule has 1 aliphatic heterocycles. The van der Waals surface area contributed by atoms with E-state index < -0.39 is 0 Å². The van der Waals surface area contributed by atoms with Gasteiger partial charge in [-0.05, 0) is 64.2 Å². The summed E-state index contributed by atoms with van der Waals surface area (Å²) in [5, 5.41) is 0. The van der Waals surface area contributed by atoms with Gasteiger partial charge in [-0.1, -0.05) is 17.7 Å². The number of nitrogens with zero attached hydrogens (tertiary/aromatic N) is 2. The van der Waals surface area contributed by atoms with E-state index in [2.05, 4.69) is 63.7 Å². The Morgan fingerprint density at radius 1 is 1.15 bits per heavy atom. The number of aliphatic imine (C=N–C) groups is 1. The average Bonchev–Trinajstić information content (AvgIpc) is 2.99. The van der Waals surface area contributed by atoms with Crippen LogP contribution < -0.4 is 0 Å². The van der Waals surface area contributed by atoms with Crippen molar-refractivity contribution in [2.75, 3.05) is 6.54 Å². The molecule has 0 aliphatic carbocycles. The van der Waals surface area contributed by atoms with Crippen molar-refractivity contribution in [2.45, 2.75) is 53.5 Å². The fraction of sp³-hybridized carbons (Fsp3) is 0.500. The topological polar surface area (TPSA) is 17.3 Å². The van der Waals surface area contributed by atoms with Crippen molar-refractivity contribution in [3.8, 4) is 0 Å². The largest absolute Gasteiger partial charge is 0.341 e. The molecular formula is C18H26N2. The maximum atomic E-state index is 4.73. The van der Waals surface area contributed by atoms with Gasteiger partial charge in [0.2, 0.25) is 0 Å². The van der Waals surface area contributed by atoms with Crippen LogP contribution in [0.1, 0.15) is 50.8 Å². The molecule has 0 spiro atoms. The van der Waals surface area contributed by atoms with Crippen LogP contribution in [0.2, 0.25) is 0 Å². The SMILES string of the molecule is CC(C)=C/C=C(\C)C(C1=NCCC1)n1cc(C)c(C)c1. The van der Waals surface area contributed by atoms with E-state index >= 15 is 0 Å². The predicted molar refractivity (Wildman–Crippen MR) is 87.7 cm³/mol. The number of aryl methyl sites for hydroxylation is 2. The molecule has 1 aliphatic rings. The molecule has 0 N–H and O–H groups in total. The Balaban J connectivity index is 2.39. The number of hydrogen-bond acceptors (Lipinski definition) is 1. The minimum absolute atomic E-state index is 0.292. The highest BCUT2D eigenvalue weighted by Gasteiger charge is 2.22. The van der Waals surface area contributed by atoms with E-state index in [1.54, 1.807) is 0 Å². The summed E-state index contributed by atoms with van der Waals surface area (Å²) in [5.41, 5.74) is 6.72. The van der Waals surface area contributed by atoms with Gasteiger partial charge in [-0.2, -0.15) is 0 Å². The van der Waals surface area contributed by atoms with Crippen LogP contribution in [0, 0.1) is 13.8 Å². The van der Waals surface area contributed by atoms with Crippen molar-refractivity contribution in [1.29, 1.82) is 0 Å². The highest BCUT2D eigenvalue weighted by Crippen LogP contribution is 2.27. The molecule has 2 heterocycles. The summed E-state index contributed by atoms with van der Waals surface area (Å²) in [7, 11) is 0. The zero-order chi connectivity index (χ0) is 14.7. The third-order valence-corrected chi connectivity index (χ3v) is 3.94. The van der Waals surface area contributed by atoms with Crippen molar-refractivity contribution in [2.24, 2.45) is 4.99 Å². The van der Waals surface area contributed by atoms with Crippen LogP contribution in [0.3, 0.4) is 0 Å². The first-order valence-corrected chi connectivity index (χ1v) is 7.48. The molecule has 0 amide bonds. The smallest absolute Gasteiger partial charge is 0.0920 e. The van der Waals surface area contributed by atoms with Crippen molar-refractivity contribution in [3.63, 3.8) is 0 Å². The van der Waals surface area contributed by atoms with Crippen molar-refractivity contribution >= 4 is 5.71 Å². The summed E-state index contributed by atoms with van der Waals surface area (Å²) in [5.74, 6) is 0. The van der Waals surface area contributed by atoms with Crippen LogP contribution in [0.15, 0.2) is 40.7 Å². The Labute approximate surface area is 122 Å². The van der Waals surface area contributed by atoms with Gasteiger partial charge in [-0.15, -0.1) is 0 Å². The van der Waals surface area contributed by atoms with E-state index in [1.165, 1.54) is 34.4 Å². The lowest BCUT2D eigenvalue weighted by atomic mass is 10.0. The van der Waals surface area contributed by atoms with E-state index in [9.17, 15) is 0 Å². The molecule has 108 valence electrons. The van der Waals surface area contributed by atoms with Crippen LogP contribution in [-0.4, -0.2) is 16.8 Å². The van der Waals surface area contributed by atoms with Crippen LogP contribution >= 0.6 is 0 Å². The Morgan fingerprint density at radius 3 is 2.30 bits per heavy atom. The molecule has 0 fully saturated rings. The van der Waals surface area contributed by atoms with Gasteiger partial charge in [-0.3, -0.25) is 4.99 Å². The molecule has 0 saturated carbocycles. The highest BCUT2D eigenvalue weighted by molar-refractivity contribution is 5.92. The van der Waals surface area contributed by atoms with Gasteiger partial charge in [0, 0.05) is 24.7 Å². The molecule has 1 unspecified atom stereocenters. The third kappa shape index (κ3) is 3.30. The Kier molecular flexibility index (Phi) is 4.64. The van der Waals surface area contributed by atoms with Crippen molar-refractivity contribution < 1.29 is 0 Å². The van der Waals surface area contributed by atoms with Crippen LogP contribution in [0.4, 0.5) is 0 Å². The van der Waals surface area contributed by atoms with Gasteiger partial charge < -0.3 is 4.57 Å². The van der Waals surface area contributed by atoms with Crippen molar-refractivity contribution in [1.82, 2.24) is 4.57 Å². The Hall–Kier alpha value is -1.57. The maximum Gasteiger partial charge on any atom is 0.0920 e. The molecule has 1 aromatic heterocycles. The second kappa shape index (κ2) is 6.25. The van der Waals surface area contributed by atoms with Crippen molar-refractivity contribution in [3.05, 3.63) is 46.8 Å². The quantitative estimate of drug-likeness (QED) is 0.700. The van der Waals surface area contributed by atoms with Gasteiger partial charge in [0.05, 0.1) is 6.04 Å². The third-order valence-electron chi connectivity index (χ3n) is 3.94. The highest BCUT2D eigenvalue weighted by atomic mass is 15.0. The minimum atomic E-state index is 0.292. The van der Waals surface area contributed by atoms with Gasteiger partial charge in [0.1, 0.15) is 0 Å². The molecule has 2 rings (SSSR count). The van der Waals surface area contributed by atoms with E-state index in [-0.39, 0.29) is 0 Å². The molecule has 20 heavy (non-hydrogen) atoms. The first kappa shape index (κ1) is 14.8. The number of hydrogen-bond donors (Lipinski definition) is 0. The standard InChI is InChI=1S/C18H26N2/c1-13(2)8-9-14(3)18(17-7-6-10-19-17)20-11-15(4)16(5)12-20/h8-9,11-12,18H,6-7,10H2,1-5H3/b14-9+. The van der Waals surface area contributed by atoms with Crippen LogP contribution in [-0.2, 0) is 0 Å². The second-order valence-electron chi connectivity index (χ2n) is 6.11. The van der Waals surface area contributed by atoms with Gasteiger partial charge in [0.15, 0.2) is 0 Å². The summed E-state index contributed by atoms with van der Waals surface area (Å²) in [4.78, 5) is 4.73. The molecule has 0 aromatic carbocycles. The van der Waals surface area contributed by atoms with E-state index in [0.29, 0.717) is 6.04 Å². The summed E-state index contributed by atoms with van der Waals surface area (Å²) >= 11 is 0.